The zero-order chi connectivity index (χ0) is 29.7. The second-order valence-corrected chi connectivity index (χ2v) is 12.2. The predicted molar refractivity (Wildman–Crippen MR) is 176 cm³/mol. The number of hydrogen-bond donors (Lipinski definition) is 0. The lowest BCUT2D eigenvalue weighted by Gasteiger charge is -2.23. The highest BCUT2D eigenvalue weighted by atomic mass is 16.5. The van der Waals surface area contributed by atoms with Gasteiger partial charge in [0.25, 0.3) is 0 Å². The van der Waals surface area contributed by atoms with Gasteiger partial charge in [0.2, 0.25) is 0 Å². The molecule has 0 N–H and O–H groups in total. The maximum absolute atomic E-state index is 6.46. The molecule has 0 saturated carbocycles. The second-order valence-electron chi connectivity index (χ2n) is 12.2. The van der Waals surface area contributed by atoms with E-state index in [0.29, 0.717) is 0 Å². The summed E-state index contributed by atoms with van der Waals surface area (Å²) in [4.78, 5) is 4.70. The Morgan fingerprint density at radius 2 is 1.51 bits per heavy atom. The Kier molecular flexibility index (Phi) is 6.39. The lowest BCUT2D eigenvalue weighted by atomic mass is 9.81. The third kappa shape index (κ3) is 4.87. The molecule has 3 heterocycles. The van der Waals surface area contributed by atoms with Crippen molar-refractivity contribution in [1.29, 1.82) is 0 Å². The number of aryl methyl sites for hydroxylation is 2. The normalized spacial score (nSPS) is 11.8. The minimum Gasteiger partial charge on any atom is -0.457 e. The molecule has 0 aliphatic rings. The fourth-order valence-corrected chi connectivity index (χ4v) is 6.00. The number of hydrogen-bond acceptors (Lipinski definition) is 3. The summed E-state index contributed by atoms with van der Waals surface area (Å²) in [5.74, 6) is 2.40. The summed E-state index contributed by atoms with van der Waals surface area (Å²) in [5.41, 5.74) is 9.23. The van der Waals surface area contributed by atoms with Crippen LogP contribution in [-0.4, -0.2) is 19.3 Å². The van der Waals surface area contributed by atoms with Crippen molar-refractivity contribution >= 4 is 21.8 Å². The van der Waals surface area contributed by atoms with Crippen molar-refractivity contribution < 1.29 is 4.74 Å². The molecule has 0 radical (unpaired) electrons. The molecule has 0 saturated heterocycles. The van der Waals surface area contributed by atoms with Crippen LogP contribution in [0.5, 0.6) is 11.5 Å². The van der Waals surface area contributed by atoms with E-state index in [9.17, 15) is 0 Å². The number of rotatable bonds is 5. The minimum atomic E-state index is 0.0272. The van der Waals surface area contributed by atoms with Gasteiger partial charge in [0.15, 0.2) is 0 Å². The van der Waals surface area contributed by atoms with Crippen LogP contribution in [0.15, 0.2) is 116 Å². The van der Waals surface area contributed by atoms with E-state index in [1.54, 1.807) is 0 Å². The molecule has 7 rings (SSSR count). The molecule has 0 aliphatic carbocycles. The van der Waals surface area contributed by atoms with Gasteiger partial charge in [-0.15, -0.1) is 0 Å². The highest BCUT2D eigenvalue weighted by Crippen LogP contribution is 2.37. The third-order valence-electron chi connectivity index (χ3n) is 8.05. The maximum atomic E-state index is 6.46. The molecule has 5 nitrogen and oxygen atoms in total. The summed E-state index contributed by atoms with van der Waals surface area (Å²) in [6.07, 6.45) is 5.92. The average molecular weight is 563 g/mol. The van der Waals surface area contributed by atoms with Gasteiger partial charge < -0.3 is 4.74 Å². The standard InChI is InChI=1S/C38H34N4O/c1-25-18-19-39-36(20-25)42-34-15-7-6-13-31(34)32-17-16-30(22-35(32)42)43-29-12-9-11-28(21-29)41-24-27(23-40-41)37-26(2)10-8-14-33(37)38(3,4)5/h6-24H,1-5H3. The van der Waals surface area contributed by atoms with Crippen LogP contribution in [0.1, 0.15) is 37.5 Å². The number of ether oxygens (including phenoxy) is 1. The van der Waals surface area contributed by atoms with Gasteiger partial charge >= 0.3 is 0 Å². The first-order chi connectivity index (χ1) is 20.8. The van der Waals surface area contributed by atoms with E-state index < -0.39 is 0 Å². The Morgan fingerprint density at radius 3 is 2.35 bits per heavy atom. The lowest BCUT2D eigenvalue weighted by Crippen LogP contribution is -2.13. The van der Waals surface area contributed by atoms with Crippen molar-refractivity contribution in [1.82, 2.24) is 19.3 Å². The number of benzene rings is 4. The van der Waals surface area contributed by atoms with E-state index >= 15 is 0 Å². The second kappa shape index (κ2) is 10.3. The van der Waals surface area contributed by atoms with Crippen LogP contribution >= 0.6 is 0 Å². The predicted octanol–water partition coefficient (Wildman–Crippen LogP) is 9.74. The summed E-state index contributed by atoms with van der Waals surface area (Å²) in [7, 11) is 0. The highest BCUT2D eigenvalue weighted by molar-refractivity contribution is 6.09. The molecule has 0 atom stereocenters. The first-order valence-electron chi connectivity index (χ1n) is 14.7. The summed E-state index contributed by atoms with van der Waals surface area (Å²) in [6.45, 7) is 11.0. The van der Waals surface area contributed by atoms with E-state index in [4.69, 9.17) is 14.8 Å². The Morgan fingerprint density at radius 1 is 0.721 bits per heavy atom. The molecule has 5 heteroatoms. The number of pyridine rings is 1. The first kappa shape index (κ1) is 26.7. The van der Waals surface area contributed by atoms with Crippen LogP contribution < -0.4 is 4.74 Å². The molecule has 0 fully saturated rings. The fourth-order valence-electron chi connectivity index (χ4n) is 6.00. The molecule has 0 bridgehead atoms. The minimum absolute atomic E-state index is 0.0272. The van der Waals surface area contributed by atoms with E-state index in [2.05, 4.69) is 112 Å². The summed E-state index contributed by atoms with van der Waals surface area (Å²) in [5, 5.41) is 7.09. The summed E-state index contributed by atoms with van der Waals surface area (Å²) < 4.78 is 10.6. The van der Waals surface area contributed by atoms with Crippen molar-refractivity contribution in [3.05, 3.63) is 132 Å². The zero-order valence-electron chi connectivity index (χ0n) is 25.2. The summed E-state index contributed by atoms with van der Waals surface area (Å²) >= 11 is 0. The molecule has 0 spiro atoms. The number of nitrogens with zero attached hydrogens (tertiary/aromatic N) is 4. The summed E-state index contributed by atoms with van der Waals surface area (Å²) in [6, 6.07) is 33.5. The maximum Gasteiger partial charge on any atom is 0.137 e. The van der Waals surface area contributed by atoms with Gasteiger partial charge in [-0.3, -0.25) is 4.57 Å². The fraction of sp³-hybridized carbons (Fsp3) is 0.158. The van der Waals surface area contributed by atoms with Crippen molar-refractivity contribution in [2.45, 2.75) is 40.0 Å². The monoisotopic (exact) mass is 562 g/mol. The molecular formula is C38H34N4O. The molecule has 7 aromatic rings. The SMILES string of the molecule is Cc1ccnc(-n2c3ccccc3c3ccc(Oc4cccc(-n5cc(-c6c(C)cccc6C(C)(C)C)cn5)c4)cc32)c1. The molecule has 3 aromatic heterocycles. The molecule has 0 amide bonds. The molecule has 212 valence electrons. The van der Waals surface area contributed by atoms with Crippen LogP contribution in [0.25, 0.3) is 44.4 Å². The smallest absolute Gasteiger partial charge is 0.137 e. The number of fused-ring (bicyclic) bond motifs is 3. The molecule has 4 aromatic carbocycles. The zero-order valence-corrected chi connectivity index (χ0v) is 25.2. The van der Waals surface area contributed by atoms with Crippen molar-refractivity contribution in [2.24, 2.45) is 0 Å². The van der Waals surface area contributed by atoms with Gasteiger partial charge in [0.1, 0.15) is 17.3 Å². The van der Waals surface area contributed by atoms with Gasteiger partial charge in [-0.05, 0) is 84.0 Å². The molecule has 0 aliphatic heterocycles. The van der Waals surface area contributed by atoms with E-state index in [0.717, 1.165) is 45.0 Å². The third-order valence-corrected chi connectivity index (χ3v) is 8.05. The molecular weight excluding hydrogens is 528 g/mol. The largest absolute Gasteiger partial charge is 0.457 e. The first-order valence-corrected chi connectivity index (χ1v) is 14.7. The Bertz CT molecular complexity index is 2130. The molecule has 43 heavy (non-hydrogen) atoms. The van der Waals surface area contributed by atoms with Crippen molar-refractivity contribution in [3.63, 3.8) is 0 Å². The quantitative estimate of drug-likeness (QED) is 0.210. The van der Waals surface area contributed by atoms with Gasteiger partial charge in [-0.2, -0.15) is 5.10 Å². The molecule has 0 unspecified atom stereocenters. The highest BCUT2D eigenvalue weighted by Gasteiger charge is 2.21. The van der Waals surface area contributed by atoms with E-state index in [-0.39, 0.29) is 5.41 Å². The topological polar surface area (TPSA) is 44.9 Å². The number of aromatic nitrogens is 4. The van der Waals surface area contributed by atoms with Gasteiger partial charge in [0, 0.05) is 40.9 Å². The average Bonchev–Trinajstić information content (AvgIpc) is 3.60. The van der Waals surface area contributed by atoms with Crippen LogP contribution in [0, 0.1) is 13.8 Å². The van der Waals surface area contributed by atoms with Gasteiger partial charge in [-0.25, -0.2) is 9.67 Å². The Hall–Kier alpha value is -5.16. The van der Waals surface area contributed by atoms with Crippen molar-refractivity contribution in [3.8, 4) is 34.1 Å². The Balaban J connectivity index is 1.25. The van der Waals surface area contributed by atoms with E-state index in [1.807, 2.05) is 47.4 Å². The van der Waals surface area contributed by atoms with Crippen LogP contribution in [-0.2, 0) is 5.41 Å². The Labute approximate surface area is 252 Å². The van der Waals surface area contributed by atoms with Crippen molar-refractivity contribution in [2.75, 3.05) is 0 Å². The van der Waals surface area contributed by atoms with Gasteiger partial charge in [0.05, 0.1) is 22.9 Å². The van der Waals surface area contributed by atoms with Crippen LogP contribution in [0.4, 0.5) is 0 Å². The van der Waals surface area contributed by atoms with Crippen LogP contribution in [0.2, 0.25) is 0 Å². The van der Waals surface area contributed by atoms with Gasteiger partial charge in [-0.1, -0.05) is 63.2 Å². The number of para-hydroxylation sites is 1. The lowest BCUT2D eigenvalue weighted by molar-refractivity contribution is 0.483. The van der Waals surface area contributed by atoms with E-state index in [1.165, 1.54) is 27.6 Å². The van der Waals surface area contributed by atoms with Crippen LogP contribution in [0.3, 0.4) is 0 Å².